The van der Waals surface area contributed by atoms with Crippen LogP contribution in [0, 0.1) is 0 Å². The molecule has 11 heteroatoms. The van der Waals surface area contributed by atoms with Crippen molar-refractivity contribution in [3.05, 3.63) is 88.4 Å². The van der Waals surface area contributed by atoms with E-state index in [0.29, 0.717) is 34.4 Å². The second kappa shape index (κ2) is 14.6. The van der Waals surface area contributed by atoms with E-state index in [1.807, 2.05) is 20.8 Å². The van der Waals surface area contributed by atoms with Crippen LogP contribution >= 0.6 is 23.2 Å². The zero-order valence-electron chi connectivity index (χ0n) is 23.5. The minimum absolute atomic E-state index is 0.0161. The molecule has 3 aromatic rings. The first-order valence-electron chi connectivity index (χ1n) is 13.3. The van der Waals surface area contributed by atoms with Gasteiger partial charge in [-0.15, -0.1) is 0 Å². The van der Waals surface area contributed by atoms with Crippen molar-refractivity contribution in [2.45, 2.75) is 57.6 Å². The van der Waals surface area contributed by atoms with E-state index in [0.717, 1.165) is 4.31 Å². The van der Waals surface area contributed by atoms with Gasteiger partial charge in [-0.1, -0.05) is 54.4 Å². The number of benzene rings is 3. The molecule has 0 spiro atoms. The Morgan fingerprint density at radius 3 is 2.15 bits per heavy atom. The van der Waals surface area contributed by atoms with Crippen LogP contribution < -0.4 is 14.4 Å². The highest BCUT2D eigenvalue weighted by atomic mass is 35.5. The first-order chi connectivity index (χ1) is 19.5. The van der Waals surface area contributed by atoms with E-state index in [-0.39, 0.29) is 29.1 Å². The van der Waals surface area contributed by atoms with Crippen LogP contribution in [0.15, 0.2) is 77.7 Å². The van der Waals surface area contributed by atoms with Gasteiger partial charge in [0.25, 0.3) is 10.0 Å². The quantitative estimate of drug-likeness (QED) is 0.256. The summed E-state index contributed by atoms with van der Waals surface area (Å²) in [6.07, 6.45) is 0.306. The molecule has 0 aromatic heterocycles. The van der Waals surface area contributed by atoms with Gasteiger partial charge in [0.2, 0.25) is 11.8 Å². The largest absolute Gasteiger partial charge is 0.494 e. The van der Waals surface area contributed by atoms with Gasteiger partial charge in [0.05, 0.1) is 27.2 Å². The number of sulfonamides is 1. The van der Waals surface area contributed by atoms with Crippen molar-refractivity contribution in [3.8, 4) is 5.75 Å². The number of nitrogens with zero attached hydrogens (tertiary/aromatic N) is 2. The summed E-state index contributed by atoms with van der Waals surface area (Å²) < 4.78 is 34.3. The molecule has 41 heavy (non-hydrogen) atoms. The molecule has 1 unspecified atom stereocenters. The Morgan fingerprint density at radius 1 is 0.927 bits per heavy atom. The molecule has 3 rings (SSSR count). The number of amides is 2. The van der Waals surface area contributed by atoms with Crippen LogP contribution in [-0.4, -0.2) is 50.4 Å². The van der Waals surface area contributed by atoms with Gasteiger partial charge in [-0.3, -0.25) is 13.9 Å². The van der Waals surface area contributed by atoms with E-state index in [9.17, 15) is 18.0 Å². The highest BCUT2D eigenvalue weighted by Gasteiger charge is 2.34. The highest BCUT2D eigenvalue weighted by molar-refractivity contribution is 7.92. The van der Waals surface area contributed by atoms with Crippen molar-refractivity contribution in [2.75, 3.05) is 17.5 Å². The molecule has 0 aliphatic carbocycles. The highest BCUT2D eigenvalue weighted by Crippen LogP contribution is 2.28. The molecule has 1 atom stereocenters. The number of nitrogens with one attached hydrogen (secondary N) is 1. The molecule has 0 fully saturated rings. The molecule has 1 N–H and O–H groups in total. The van der Waals surface area contributed by atoms with Crippen molar-refractivity contribution < 1.29 is 22.7 Å². The monoisotopic (exact) mass is 619 g/mol. The van der Waals surface area contributed by atoms with Crippen molar-refractivity contribution in [1.82, 2.24) is 10.2 Å². The van der Waals surface area contributed by atoms with Crippen molar-refractivity contribution in [1.29, 1.82) is 0 Å². The summed E-state index contributed by atoms with van der Waals surface area (Å²) in [5.41, 5.74) is 0.918. The van der Waals surface area contributed by atoms with E-state index in [4.69, 9.17) is 27.9 Å². The van der Waals surface area contributed by atoms with E-state index in [2.05, 4.69) is 5.32 Å². The number of carbonyl (C=O) groups is 2. The molecule has 0 saturated heterocycles. The molecule has 3 aromatic carbocycles. The lowest BCUT2D eigenvalue weighted by atomic mass is 10.1. The standard InChI is InChI=1S/C30H35Cl2N3O5S/c1-5-28(30(37)33-21(3)4)34(19-22-12-17-26(31)27(32)18-22)29(36)20-35(23-13-15-24(16-14-23)40-6-2)41(38,39)25-10-8-7-9-11-25/h7-18,21,28H,5-6,19-20H2,1-4H3,(H,33,37). The van der Waals surface area contributed by atoms with Gasteiger partial charge in [0.1, 0.15) is 18.3 Å². The molecule has 0 aliphatic rings. The molecule has 0 heterocycles. The topological polar surface area (TPSA) is 96.0 Å². The predicted molar refractivity (Wildman–Crippen MR) is 163 cm³/mol. The van der Waals surface area contributed by atoms with Crippen LogP contribution in [0.25, 0.3) is 0 Å². The fraction of sp³-hybridized carbons (Fsp3) is 0.333. The molecule has 8 nitrogen and oxygen atoms in total. The predicted octanol–water partition coefficient (Wildman–Crippen LogP) is 5.92. The third-order valence-electron chi connectivity index (χ3n) is 6.20. The average Bonchev–Trinajstić information content (AvgIpc) is 2.94. The Labute approximate surface area is 252 Å². The maximum absolute atomic E-state index is 14.1. The van der Waals surface area contributed by atoms with Crippen LogP contribution in [0.4, 0.5) is 5.69 Å². The van der Waals surface area contributed by atoms with Gasteiger partial charge in [-0.25, -0.2) is 8.42 Å². The number of hydrogen-bond acceptors (Lipinski definition) is 5. The van der Waals surface area contributed by atoms with Crippen LogP contribution in [0.2, 0.25) is 10.0 Å². The van der Waals surface area contributed by atoms with Crippen molar-refractivity contribution in [3.63, 3.8) is 0 Å². The molecule has 2 amide bonds. The Morgan fingerprint density at radius 2 is 1.59 bits per heavy atom. The fourth-order valence-electron chi connectivity index (χ4n) is 4.26. The normalized spacial score (nSPS) is 12.1. The number of ether oxygens (including phenoxy) is 1. The Hall–Kier alpha value is -3.27. The van der Waals surface area contributed by atoms with E-state index in [1.165, 1.54) is 17.0 Å². The minimum Gasteiger partial charge on any atom is -0.494 e. The Balaban J connectivity index is 2.06. The first kappa shape index (κ1) is 32.2. The maximum atomic E-state index is 14.1. The van der Waals surface area contributed by atoms with Gasteiger partial charge in [-0.2, -0.15) is 0 Å². The zero-order valence-corrected chi connectivity index (χ0v) is 25.8. The third kappa shape index (κ3) is 8.38. The van der Waals surface area contributed by atoms with Gasteiger partial charge in [-0.05, 0) is 81.3 Å². The molecular weight excluding hydrogens is 585 g/mol. The summed E-state index contributed by atoms with van der Waals surface area (Å²) in [5, 5.41) is 3.53. The second-order valence-corrected chi connectivity index (χ2v) is 12.3. The molecule has 220 valence electrons. The van der Waals surface area contributed by atoms with Gasteiger partial charge in [0, 0.05) is 12.6 Å². The number of carbonyl (C=O) groups excluding carboxylic acids is 2. The lowest BCUT2D eigenvalue weighted by molar-refractivity contribution is -0.140. The van der Waals surface area contributed by atoms with E-state index >= 15 is 0 Å². The molecule has 0 saturated carbocycles. The Kier molecular flexibility index (Phi) is 11.5. The van der Waals surface area contributed by atoms with E-state index in [1.54, 1.807) is 67.6 Å². The molecule has 0 aliphatic heterocycles. The lowest BCUT2D eigenvalue weighted by Gasteiger charge is -2.33. The lowest BCUT2D eigenvalue weighted by Crippen LogP contribution is -2.53. The number of anilines is 1. The van der Waals surface area contributed by atoms with Gasteiger partial charge >= 0.3 is 0 Å². The van der Waals surface area contributed by atoms with Crippen molar-refractivity contribution >= 4 is 50.7 Å². The molecule has 0 bridgehead atoms. The second-order valence-electron chi connectivity index (χ2n) is 9.61. The summed E-state index contributed by atoms with van der Waals surface area (Å²) in [6.45, 7) is 7.22. The summed E-state index contributed by atoms with van der Waals surface area (Å²) in [5.74, 6) is -0.332. The van der Waals surface area contributed by atoms with Crippen LogP contribution in [0.1, 0.15) is 39.7 Å². The average molecular weight is 621 g/mol. The van der Waals surface area contributed by atoms with Gasteiger partial charge < -0.3 is 15.0 Å². The summed E-state index contributed by atoms with van der Waals surface area (Å²) >= 11 is 12.3. The number of hydrogen-bond donors (Lipinski definition) is 1. The smallest absolute Gasteiger partial charge is 0.264 e. The summed E-state index contributed by atoms with van der Waals surface area (Å²) in [4.78, 5) is 28.7. The third-order valence-corrected chi connectivity index (χ3v) is 8.73. The van der Waals surface area contributed by atoms with Gasteiger partial charge in [0.15, 0.2) is 0 Å². The molecule has 0 radical (unpaired) electrons. The van der Waals surface area contributed by atoms with Crippen LogP contribution in [0.3, 0.4) is 0 Å². The minimum atomic E-state index is -4.16. The number of halogens is 2. The SMILES string of the molecule is CCOc1ccc(N(CC(=O)N(Cc2ccc(Cl)c(Cl)c2)C(CC)C(=O)NC(C)C)S(=O)(=O)c2ccccc2)cc1. The maximum Gasteiger partial charge on any atom is 0.264 e. The van der Waals surface area contributed by atoms with Crippen LogP contribution in [0.5, 0.6) is 5.75 Å². The van der Waals surface area contributed by atoms with Crippen LogP contribution in [-0.2, 0) is 26.2 Å². The Bertz CT molecular complexity index is 1430. The fourth-order valence-corrected chi connectivity index (χ4v) is 6.01. The zero-order chi connectivity index (χ0) is 30.2. The molecular formula is C30H35Cl2N3O5S. The summed E-state index contributed by atoms with van der Waals surface area (Å²) in [6, 6.07) is 18.3. The summed E-state index contributed by atoms with van der Waals surface area (Å²) in [7, 11) is -4.16. The number of rotatable bonds is 13. The van der Waals surface area contributed by atoms with E-state index < -0.39 is 28.5 Å². The first-order valence-corrected chi connectivity index (χ1v) is 15.5. The van der Waals surface area contributed by atoms with Crippen molar-refractivity contribution in [2.24, 2.45) is 0 Å².